The van der Waals surface area contributed by atoms with Gasteiger partial charge in [-0.25, -0.2) is 0 Å². The standard InChI is InChI=1S/C11H9BrO/c1-8-4-2-3-5-9(8)10-6-7-13-11(10)12/h2-7H,1H3. The zero-order chi connectivity index (χ0) is 9.26. The van der Waals surface area contributed by atoms with Gasteiger partial charge >= 0.3 is 0 Å². The molecule has 1 heterocycles. The van der Waals surface area contributed by atoms with Gasteiger partial charge < -0.3 is 4.42 Å². The molecule has 0 unspecified atom stereocenters. The Balaban J connectivity index is 2.59. The SMILES string of the molecule is Cc1ccccc1-c1ccoc1Br. The van der Waals surface area contributed by atoms with Crippen LogP contribution in [-0.2, 0) is 0 Å². The minimum atomic E-state index is 0.793. The van der Waals surface area contributed by atoms with Gasteiger partial charge in [0.1, 0.15) is 0 Å². The summed E-state index contributed by atoms with van der Waals surface area (Å²) in [4.78, 5) is 0. The summed E-state index contributed by atoms with van der Waals surface area (Å²) in [6.45, 7) is 2.09. The molecular weight excluding hydrogens is 228 g/mol. The highest BCUT2D eigenvalue weighted by Gasteiger charge is 2.06. The van der Waals surface area contributed by atoms with Crippen molar-refractivity contribution >= 4 is 15.9 Å². The Bertz CT molecular complexity index is 418. The van der Waals surface area contributed by atoms with Crippen LogP contribution in [0.5, 0.6) is 0 Å². The second kappa shape index (κ2) is 3.38. The van der Waals surface area contributed by atoms with Gasteiger partial charge in [0.05, 0.1) is 6.26 Å². The lowest BCUT2D eigenvalue weighted by atomic mass is 10.0. The van der Waals surface area contributed by atoms with Gasteiger partial charge in [0, 0.05) is 5.56 Å². The Hall–Kier alpha value is -1.02. The van der Waals surface area contributed by atoms with Gasteiger partial charge in [0.2, 0.25) is 0 Å². The third-order valence-corrected chi connectivity index (χ3v) is 2.67. The molecule has 66 valence electrons. The van der Waals surface area contributed by atoms with Crippen molar-refractivity contribution in [3.63, 3.8) is 0 Å². The van der Waals surface area contributed by atoms with Gasteiger partial charge in [-0.3, -0.25) is 0 Å². The number of rotatable bonds is 1. The quantitative estimate of drug-likeness (QED) is 0.730. The highest BCUT2D eigenvalue weighted by Crippen LogP contribution is 2.30. The Morgan fingerprint density at radius 3 is 2.46 bits per heavy atom. The van der Waals surface area contributed by atoms with Crippen molar-refractivity contribution in [2.24, 2.45) is 0 Å². The Kier molecular flexibility index (Phi) is 2.23. The first-order valence-corrected chi connectivity index (χ1v) is 4.87. The van der Waals surface area contributed by atoms with Gasteiger partial charge in [-0.15, -0.1) is 0 Å². The van der Waals surface area contributed by atoms with Crippen molar-refractivity contribution in [3.8, 4) is 11.1 Å². The molecule has 0 saturated carbocycles. The molecule has 0 N–H and O–H groups in total. The molecular formula is C11H9BrO. The first kappa shape index (κ1) is 8.57. The minimum absolute atomic E-state index is 0.793. The lowest BCUT2D eigenvalue weighted by Gasteiger charge is -2.01. The van der Waals surface area contributed by atoms with Crippen molar-refractivity contribution in [1.29, 1.82) is 0 Å². The number of benzene rings is 1. The van der Waals surface area contributed by atoms with E-state index in [0.29, 0.717) is 0 Å². The predicted molar refractivity (Wildman–Crippen MR) is 56.6 cm³/mol. The van der Waals surface area contributed by atoms with Crippen LogP contribution in [0, 0.1) is 6.92 Å². The fraction of sp³-hybridized carbons (Fsp3) is 0.0909. The third-order valence-electron chi connectivity index (χ3n) is 2.05. The van der Waals surface area contributed by atoms with E-state index in [1.165, 1.54) is 11.1 Å². The maximum atomic E-state index is 5.19. The average Bonchev–Trinajstić information content (AvgIpc) is 2.52. The van der Waals surface area contributed by atoms with Crippen LogP contribution >= 0.6 is 15.9 Å². The second-order valence-electron chi connectivity index (χ2n) is 2.92. The van der Waals surface area contributed by atoms with E-state index in [0.717, 1.165) is 10.2 Å². The fourth-order valence-corrected chi connectivity index (χ4v) is 1.82. The highest BCUT2D eigenvalue weighted by molar-refractivity contribution is 9.10. The van der Waals surface area contributed by atoms with Gasteiger partial charge in [-0.2, -0.15) is 0 Å². The Morgan fingerprint density at radius 1 is 1.08 bits per heavy atom. The topological polar surface area (TPSA) is 13.1 Å². The van der Waals surface area contributed by atoms with Gasteiger partial charge in [0.25, 0.3) is 0 Å². The molecule has 0 saturated heterocycles. The van der Waals surface area contributed by atoms with E-state index in [-0.39, 0.29) is 0 Å². The van der Waals surface area contributed by atoms with Crippen LogP contribution in [0.25, 0.3) is 11.1 Å². The summed E-state index contributed by atoms with van der Waals surface area (Å²) in [5, 5.41) is 0. The zero-order valence-electron chi connectivity index (χ0n) is 7.25. The van der Waals surface area contributed by atoms with E-state index in [9.17, 15) is 0 Å². The molecule has 1 aromatic carbocycles. The molecule has 2 rings (SSSR count). The Labute approximate surface area is 85.5 Å². The third kappa shape index (κ3) is 1.54. The first-order chi connectivity index (χ1) is 6.29. The molecule has 1 aromatic heterocycles. The lowest BCUT2D eigenvalue weighted by molar-refractivity contribution is 0.542. The molecule has 0 aliphatic carbocycles. The summed E-state index contributed by atoms with van der Waals surface area (Å²) in [6, 6.07) is 10.2. The van der Waals surface area contributed by atoms with Gasteiger partial charge in [-0.05, 0) is 40.0 Å². The zero-order valence-corrected chi connectivity index (χ0v) is 8.84. The van der Waals surface area contributed by atoms with Crippen LogP contribution in [0.3, 0.4) is 0 Å². The number of hydrogen-bond acceptors (Lipinski definition) is 1. The monoisotopic (exact) mass is 236 g/mol. The van der Waals surface area contributed by atoms with Crippen molar-refractivity contribution in [1.82, 2.24) is 0 Å². The molecule has 2 heteroatoms. The van der Waals surface area contributed by atoms with Crippen LogP contribution < -0.4 is 0 Å². The van der Waals surface area contributed by atoms with Gasteiger partial charge in [0.15, 0.2) is 4.67 Å². The van der Waals surface area contributed by atoms with Crippen LogP contribution in [0.4, 0.5) is 0 Å². The first-order valence-electron chi connectivity index (χ1n) is 4.08. The number of furan rings is 1. The van der Waals surface area contributed by atoms with Crippen LogP contribution in [-0.4, -0.2) is 0 Å². The summed E-state index contributed by atoms with van der Waals surface area (Å²) in [7, 11) is 0. The molecule has 0 radical (unpaired) electrons. The van der Waals surface area contributed by atoms with E-state index >= 15 is 0 Å². The lowest BCUT2D eigenvalue weighted by Crippen LogP contribution is -1.79. The van der Waals surface area contributed by atoms with E-state index in [4.69, 9.17) is 4.42 Å². The molecule has 0 fully saturated rings. The second-order valence-corrected chi connectivity index (χ2v) is 3.64. The van der Waals surface area contributed by atoms with Crippen molar-refractivity contribution in [3.05, 3.63) is 46.8 Å². The highest BCUT2D eigenvalue weighted by atomic mass is 79.9. The van der Waals surface area contributed by atoms with Crippen LogP contribution in [0.15, 0.2) is 45.7 Å². The Morgan fingerprint density at radius 2 is 1.85 bits per heavy atom. The van der Waals surface area contributed by atoms with Crippen molar-refractivity contribution < 1.29 is 4.42 Å². The molecule has 0 aliphatic heterocycles. The van der Waals surface area contributed by atoms with E-state index in [2.05, 4.69) is 35.0 Å². The van der Waals surface area contributed by atoms with Gasteiger partial charge in [-0.1, -0.05) is 24.3 Å². The smallest absolute Gasteiger partial charge is 0.176 e. The predicted octanol–water partition coefficient (Wildman–Crippen LogP) is 4.02. The number of aryl methyl sites for hydroxylation is 1. The van der Waals surface area contributed by atoms with Crippen molar-refractivity contribution in [2.45, 2.75) is 6.92 Å². The maximum absolute atomic E-state index is 5.19. The summed E-state index contributed by atoms with van der Waals surface area (Å²) < 4.78 is 5.98. The molecule has 0 bridgehead atoms. The van der Waals surface area contributed by atoms with E-state index < -0.39 is 0 Å². The normalized spacial score (nSPS) is 10.3. The van der Waals surface area contributed by atoms with E-state index in [1.54, 1.807) is 6.26 Å². The molecule has 13 heavy (non-hydrogen) atoms. The summed E-state index contributed by atoms with van der Waals surface area (Å²) in [5.74, 6) is 0. The molecule has 1 nitrogen and oxygen atoms in total. The molecule has 0 amide bonds. The minimum Gasteiger partial charge on any atom is -0.457 e. The maximum Gasteiger partial charge on any atom is 0.176 e. The summed E-state index contributed by atoms with van der Waals surface area (Å²) in [6.07, 6.45) is 1.69. The largest absolute Gasteiger partial charge is 0.457 e. The molecule has 0 atom stereocenters. The molecule has 0 aliphatic rings. The van der Waals surface area contributed by atoms with E-state index in [1.807, 2.05) is 18.2 Å². The summed E-state index contributed by atoms with van der Waals surface area (Å²) >= 11 is 3.37. The number of halogens is 1. The fourth-order valence-electron chi connectivity index (χ4n) is 1.36. The average molecular weight is 237 g/mol. The van der Waals surface area contributed by atoms with Crippen molar-refractivity contribution in [2.75, 3.05) is 0 Å². The molecule has 0 spiro atoms. The number of hydrogen-bond donors (Lipinski definition) is 0. The molecule has 2 aromatic rings. The summed E-state index contributed by atoms with van der Waals surface area (Å²) in [5.41, 5.74) is 3.57. The van der Waals surface area contributed by atoms with Crippen LogP contribution in [0.1, 0.15) is 5.56 Å². The van der Waals surface area contributed by atoms with Crippen LogP contribution in [0.2, 0.25) is 0 Å².